The molecule has 0 saturated carbocycles. The fraction of sp³-hybridized carbons (Fsp3) is 0.429. The Morgan fingerprint density at radius 1 is 1.22 bits per heavy atom. The highest BCUT2D eigenvalue weighted by Crippen LogP contribution is 2.20. The summed E-state index contributed by atoms with van der Waals surface area (Å²) >= 11 is 6.02. The smallest absolute Gasteiger partial charge is 0.122 e. The summed E-state index contributed by atoms with van der Waals surface area (Å²) < 4.78 is 7.86. The molecule has 0 radical (unpaired) electrons. The molecule has 2 nitrogen and oxygen atoms in total. The second-order valence-electron chi connectivity index (χ2n) is 5.84. The molecule has 2 aromatic rings. The Hall–Kier alpha value is -0.773. The second-order valence-corrected chi connectivity index (χ2v) is 11.9. The van der Waals surface area contributed by atoms with Gasteiger partial charge in [0.2, 0.25) is 0 Å². The van der Waals surface area contributed by atoms with Crippen molar-refractivity contribution in [2.24, 2.45) is 0 Å². The highest BCUT2D eigenvalue weighted by Gasteiger charge is 2.12. The molecule has 0 aliphatic carbocycles. The average molecular weight is 282 g/mol. The van der Waals surface area contributed by atoms with Gasteiger partial charge in [-0.25, -0.2) is 0 Å². The number of aromatic nitrogens is 1. The lowest BCUT2D eigenvalue weighted by Crippen LogP contribution is -2.21. The van der Waals surface area contributed by atoms with E-state index in [0.717, 1.165) is 17.1 Å². The highest BCUT2D eigenvalue weighted by molar-refractivity contribution is 6.76. The maximum atomic E-state index is 6.02. The van der Waals surface area contributed by atoms with E-state index in [-0.39, 0.29) is 0 Å². The Kier molecular flexibility index (Phi) is 4.15. The predicted octanol–water partition coefficient (Wildman–Crippen LogP) is 4.61. The van der Waals surface area contributed by atoms with Gasteiger partial charge in [-0.05, 0) is 29.6 Å². The number of halogens is 1. The first kappa shape index (κ1) is 13.7. The summed E-state index contributed by atoms with van der Waals surface area (Å²) in [7, 11) is -0.997. The van der Waals surface area contributed by atoms with Crippen LogP contribution < -0.4 is 0 Å². The molecule has 1 aromatic heterocycles. The normalized spacial score (nSPS) is 12.2. The largest absolute Gasteiger partial charge is 0.361 e. The highest BCUT2D eigenvalue weighted by atomic mass is 35.5. The van der Waals surface area contributed by atoms with Gasteiger partial charge in [0.05, 0.1) is 5.52 Å². The number of benzene rings is 1. The molecule has 0 N–H and O–H groups in total. The minimum atomic E-state index is -0.997. The first-order chi connectivity index (χ1) is 8.46. The summed E-state index contributed by atoms with van der Waals surface area (Å²) in [5, 5.41) is 1.97. The third kappa shape index (κ3) is 3.61. The Balaban J connectivity index is 1.98. The van der Waals surface area contributed by atoms with Crippen LogP contribution in [0.25, 0.3) is 10.9 Å². The van der Waals surface area contributed by atoms with Crippen molar-refractivity contribution in [1.29, 1.82) is 0 Å². The van der Waals surface area contributed by atoms with Crippen LogP contribution in [0.1, 0.15) is 0 Å². The molecule has 1 aromatic carbocycles. The first-order valence-corrected chi connectivity index (χ1v) is 10.4. The summed E-state index contributed by atoms with van der Waals surface area (Å²) in [6.07, 6.45) is 2.05. The molecule has 2 rings (SSSR count). The molecule has 0 saturated heterocycles. The quantitative estimate of drug-likeness (QED) is 0.577. The topological polar surface area (TPSA) is 14.2 Å². The van der Waals surface area contributed by atoms with Crippen LogP contribution in [0, 0.1) is 0 Å². The van der Waals surface area contributed by atoms with Crippen LogP contribution in [0.5, 0.6) is 0 Å². The van der Waals surface area contributed by atoms with Gasteiger partial charge in [-0.3, -0.25) is 0 Å². The molecule has 98 valence electrons. The molecule has 0 aliphatic rings. The lowest BCUT2D eigenvalue weighted by Gasteiger charge is -2.15. The van der Waals surface area contributed by atoms with Gasteiger partial charge in [-0.1, -0.05) is 37.3 Å². The zero-order chi connectivity index (χ0) is 13.2. The zero-order valence-electron chi connectivity index (χ0n) is 11.2. The van der Waals surface area contributed by atoms with Gasteiger partial charge in [0.1, 0.15) is 6.73 Å². The zero-order valence-corrected chi connectivity index (χ0v) is 13.0. The SMILES string of the molecule is C[Si](C)(C)CCOCn1ccc2ccc(Cl)cc21. The fourth-order valence-electron chi connectivity index (χ4n) is 1.81. The molecule has 0 unspecified atom stereocenters. The Morgan fingerprint density at radius 2 is 2.00 bits per heavy atom. The van der Waals surface area contributed by atoms with Crippen LogP contribution in [0.3, 0.4) is 0 Å². The first-order valence-electron chi connectivity index (χ1n) is 6.28. The molecule has 4 heteroatoms. The lowest BCUT2D eigenvalue weighted by molar-refractivity contribution is 0.0902. The fourth-order valence-corrected chi connectivity index (χ4v) is 2.73. The van der Waals surface area contributed by atoms with Crippen LogP contribution in [0.15, 0.2) is 30.5 Å². The second kappa shape index (κ2) is 5.47. The van der Waals surface area contributed by atoms with Gasteiger partial charge in [0.15, 0.2) is 0 Å². The van der Waals surface area contributed by atoms with E-state index in [9.17, 15) is 0 Å². The van der Waals surface area contributed by atoms with Gasteiger partial charge in [-0.15, -0.1) is 0 Å². The van der Waals surface area contributed by atoms with E-state index in [4.69, 9.17) is 16.3 Å². The van der Waals surface area contributed by atoms with E-state index in [1.165, 1.54) is 11.4 Å². The molecule has 0 amide bonds. The number of rotatable bonds is 5. The van der Waals surface area contributed by atoms with E-state index in [1.54, 1.807) is 0 Å². The van der Waals surface area contributed by atoms with E-state index < -0.39 is 8.07 Å². The van der Waals surface area contributed by atoms with Gasteiger partial charge in [-0.2, -0.15) is 0 Å². The maximum Gasteiger partial charge on any atom is 0.122 e. The molecule has 0 fully saturated rings. The lowest BCUT2D eigenvalue weighted by atomic mass is 10.2. The summed E-state index contributed by atoms with van der Waals surface area (Å²) in [6, 6.07) is 9.23. The minimum absolute atomic E-state index is 0.605. The molecule has 18 heavy (non-hydrogen) atoms. The average Bonchev–Trinajstić information content (AvgIpc) is 2.66. The van der Waals surface area contributed by atoms with Crippen LogP contribution in [0.2, 0.25) is 30.7 Å². The summed E-state index contributed by atoms with van der Waals surface area (Å²) in [6.45, 7) is 8.54. The number of hydrogen-bond donors (Lipinski definition) is 0. The number of nitrogens with zero attached hydrogens (tertiary/aromatic N) is 1. The Morgan fingerprint density at radius 3 is 2.72 bits per heavy atom. The molecular formula is C14H20ClNOSi. The third-order valence-electron chi connectivity index (χ3n) is 2.96. The third-order valence-corrected chi connectivity index (χ3v) is 4.90. The van der Waals surface area contributed by atoms with Crippen molar-refractivity contribution in [3.05, 3.63) is 35.5 Å². The Labute approximate surface area is 115 Å². The monoisotopic (exact) mass is 281 g/mol. The van der Waals surface area contributed by atoms with Gasteiger partial charge in [0.25, 0.3) is 0 Å². The van der Waals surface area contributed by atoms with Crippen molar-refractivity contribution >= 4 is 30.6 Å². The van der Waals surface area contributed by atoms with Gasteiger partial charge in [0, 0.05) is 25.9 Å². The van der Waals surface area contributed by atoms with E-state index in [2.05, 4.69) is 36.5 Å². The van der Waals surface area contributed by atoms with Gasteiger partial charge < -0.3 is 9.30 Å². The van der Waals surface area contributed by atoms with Crippen LogP contribution in [-0.4, -0.2) is 19.2 Å². The van der Waals surface area contributed by atoms with Crippen LogP contribution in [-0.2, 0) is 11.5 Å². The predicted molar refractivity (Wildman–Crippen MR) is 81.1 cm³/mol. The minimum Gasteiger partial charge on any atom is -0.361 e. The van der Waals surface area contributed by atoms with E-state index in [0.29, 0.717) is 6.73 Å². The van der Waals surface area contributed by atoms with Crippen LogP contribution in [0.4, 0.5) is 0 Å². The van der Waals surface area contributed by atoms with Crippen molar-refractivity contribution in [2.45, 2.75) is 32.4 Å². The van der Waals surface area contributed by atoms with Crippen molar-refractivity contribution in [3.8, 4) is 0 Å². The summed E-state index contributed by atoms with van der Waals surface area (Å²) in [5.41, 5.74) is 1.13. The van der Waals surface area contributed by atoms with E-state index in [1.807, 2.05) is 18.2 Å². The molecule has 0 aliphatic heterocycles. The van der Waals surface area contributed by atoms with E-state index >= 15 is 0 Å². The van der Waals surface area contributed by atoms with Crippen LogP contribution >= 0.6 is 11.6 Å². The molecule has 0 bridgehead atoms. The number of ether oxygens (including phenoxy) is 1. The standard InChI is InChI=1S/C14H20ClNOSi/c1-18(2,3)9-8-17-11-16-7-6-12-4-5-13(15)10-14(12)16/h4-7,10H,8-9,11H2,1-3H3. The molecular weight excluding hydrogens is 262 g/mol. The van der Waals surface area contributed by atoms with Crippen molar-refractivity contribution < 1.29 is 4.74 Å². The Bertz CT molecular complexity index is 530. The van der Waals surface area contributed by atoms with Crippen molar-refractivity contribution in [1.82, 2.24) is 4.57 Å². The molecule has 0 atom stereocenters. The molecule has 1 heterocycles. The number of fused-ring (bicyclic) bond motifs is 1. The van der Waals surface area contributed by atoms with Gasteiger partial charge >= 0.3 is 0 Å². The van der Waals surface area contributed by atoms with Crippen molar-refractivity contribution in [2.75, 3.05) is 6.61 Å². The number of hydrogen-bond acceptors (Lipinski definition) is 1. The molecule has 0 spiro atoms. The maximum absolute atomic E-state index is 6.02. The van der Waals surface area contributed by atoms with Crippen molar-refractivity contribution in [3.63, 3.8) is 0 Å². The summed E-state index contributed by atoms with van der Waals surface area (Å²) in [4.78, 5) is 0. The summed E-state index contributed by atoms with van der Waals surface area (Å²) in [5.74, 6) is 0.